The fourth-order valence-corrected chi connectivity index (χ4v) is 6.10. The minimum Gasteiger partial charge on any atom is -0.461 e. The lowest BCUT2D eigenvalue weighted by Crippen LogP contribution is -2.44. The fraction of sp³-hybridized carbons (Fsp3) is 0.541. The SMILES string of the molecule is C=C(C)CCCC[C@H](O)[C@@H](C)C(=O)C(C)(C)[C@@H](O)CC(=O)O[C@@H]1C(C)C(c2ccc(C)cn2)C[C@H]1/C=C/c1ccccc1. The van der Waals surface area contributed by atoms with Crippen LogP contribution in [-0.4, -0.2) is 45.3 Å². The summed E-state index contributed by atoms with van der Waals surface area (Å²) in [5, 5.41) is 21.8. The summed E-state index contributed by atoms with van der Waals surface area (Å²) >= 11 is 0. The molecule has 1 aliphatic rings. The zero-order valence-corrected chi connectivity index (χ0v) is 26.8. The smallest absolute Gasteiger partial charge is 0.308 e. The van der Waals surface area contributed by atoms with Gasteiger partial charge in [0.2, 0.25) is 0 Å². The molecule has 0 radical (unpaired) electrons. The average Bonchev–Trinajstić information content (AvgIpc) is 3.28. The van der Waals surface area contributed by atoms with Crippen molar-refractivity contribution in [3.63, 3.8) is 0 Å². The lowest BCUT2D eigenvalue weighted by Gasteiger charge is -2.33. The van der Waals surface area contributed by atoms with Crippen molar-refractivity contribution in [1.29, 1.82) is 0 Å². The molecule has 0 saturated heterocycles. The van der Waals surface area contributed by atoms with Gasteiger partial charge in [-0.1, -0.05) is 88.2 Å². The maximum Gasteiger partial charge on any atom is 0.308 e. The number of allylic oxidation sites excluding steroid dienone is 1. The number of aromatic nitrogens is 1. The molecule has 1 saturated carbocycles. The van der Waals surface area contributed by atoms with Crippen molar-refractivity contribution in [2.45, 2.75) is 104 Å². The number of ketones is 1. The van der Waals surface area contributed by atoms with Crippen LogP contribution in [0.2, 0.25) is 0 Å². The molecule has 0 bridgehead atoms. The van der Waals surface area contributed by atoms with E-state index in [4.69, 9.17) is 4.74 Å². The topological polar surface area (TPSA) is 96.7 Å². The van der Waals surface area contributed by atoms with Crippen molar-refractivity contribution < 1.29 is 24.5 Å². The van der Waals surface area contributed by atoms with Crippen LogP contribution in [0.4, 0.5) is 0 Å². The number of nitrogens with zero attached hydrogens (tertiary/aromatic N) is 1. The van der Waals surface area contributed by atoms with Crippen LogP contribution in [-0.2, 0) is 14.3 Å². The van der Waals surface area contributed by atoms with Crippen molar-refractivity contribution in [1.82, 2.24) is 4.98 Å². The zero-order chi connectivity index (χ0) is 31.7. The van der Waals surface area contributed by atoms with Gasteiger partial charge in [0.25, 0.3) is 0 Å². The van der Waals surface area contributed by atoms with Crippen LogP contribution in [0.25, 0.3) is 6.08 Å². The molecule has 6 nitrogen and oxygen atoms in total. The second-order valence-corrected chi connectivity index (χ2v) is 13.2. The molecule has 2 N–H and O–H groups in total. The predicted molar refractivity (Wildman–Crippen MR) is 172 cm³/mol. The van der Waals surface area contributed by atoms with Gasteiger partial charge in [-0.3, -0.25) is 14.6 Å². The summed E-state index contributed by atoms with van der Waals surface area (Å²) in [5.74, 6) is -1.35. The van der Waals surface area contributed by atoms with Gasteiger partial charge in [0, 0.05) is 35.6 Å². The van der Waals surface area contributed by atoms with E-state index in [1.54, 1.807) is 20.8 Å². The highest BCUT2D eigenvalue weighted by Crippen LogP contribution is 2.45. The third-order valence-electron chi connectivity index (χ3n) is 9.19. The molecular formula is C37H51NO5. The number of hydrogen-bond donors (Lipinski definition) is 2. The Labute approximate surface area is 258 Å². The van der Waals surface area contributed by atoms with Gasteiger partial charge in [-0.25, -0.2) is 0 Å². The number of aryl methyl sites for hydroxylation is 1. The van der Waals surface area contributed by atoms with E-state index < -0.39 is 35.6 Å². The number of Topliss-reactive ketones (excluding diaryl/α,β-unsaturated/α-hetero) is 1. The summed E-state index contributed by atoms with van der Waals surface area (Å²) in [6.45, 7) is 15.0. The maximum absolute atomic E-state index is 13.4. The first-order chi connectivity index (χ1) is 20.3. The third kappa shape index (κ3) is 9.45. The van der Waals surface area contributed by atoms with E-state index in [1.807, 2.05) is 56.4 Å². The number of benzene rings is 1. The summed E-state index contributed by atoms with van der Waals surface area (Å²) in [6, 6.07) is 14.1. The summed E-state index contributed by atoms with van der Waals surface area (Å²) in [4.78, 5) is 31.3. The Hall–Kier alpha value is -3.09. The van der Waals surface area contributed by atoms with Gasteiger partial charge in [0.1, 0.15) is 11.9 Å². The summed E-state index contributed by atoms with van der Waals surface area (Å²) < 4.78 is 6.09. The Kier molecular flexibility index (Phi) is 12.5. The molecule has 1 fully saturated rings. The molecule has 43 heavy (non-hydrogen) atoms. The van der Waals surface area contributed by atoms with Gasteiger partial charge in [-0.2, -0.15) is 0 Å². The molecule has 1 aromatic carbocycles. The van der Waals surface area contributed by atoms with Gasteiger partial charge in [0.05, 0.1) is 24.0 Å². The average molecular weight is 590 g/mol. The minimum atomic E-state index is -1.24. The quantitative estimate of drug-likeness (QED) is 0.129. The molecule has 3 rings (SSSR count). The van der Waals surface area contributed by atoms with Gasteiger partial charge in [-0.15, -0.1) is 6.58 Å². The standard InChI is InChI=1S/C37H51NO5/c1-24(2)13-11-12-16-32(39)27(5)36(42)37(6,7)33(40)22-34(41)43-35-26(4)30(31-20-17-25(3)23-38-31)21-29(35)19-18-28-14-9-8-10-15-28/h8-10,14-15,17-20,23,26-27,29-30,32-33,35,39-40H,1,11-13,16,21-22H2,2-7H3/b19-18+/t26?,27-,29-,30?,32+,33+,35-/m1/s1. The normalized spacial score (nSPS) is 22.7. The number of carbonyl (C=O) groups is 2. The van der Waals surface area contributed by atoms with Crippen LogP contribution in [0.1, 0.15) is 95.9 Å². The van der Waals surface area contributed by atoms with Crippen LogP contribution < -0.4 is 0 Å². The van der Waals surface area contributed by atoms with E-state index in [9.17, 15) is 19.8 Å². The predicted octanol–water partition coefficient (Wildman–Crippen LogP) is 7.23. The minimum absolute atomic E-state index is 0.0106. The first-order valence-corrected chi connectivity index (χ1v) is 15.7. The van der Waals surface area contributed by atoms with E-state index in [0.717, 1.165) is 48.1 Å². The van der Waals surface area contributed by atoms with Crippen LogP contribution in [0.5, 0.6) is 0 Å². The molecule has 234 valence electrons. The molecule has 1 aromatic heterocycles. The maximum atomic E-state index is 13.4. The summed E-state index contributed by atoms with van der Waals surface area (Å²) in [6.07, 6.45) is 7.18. The van der Waals surface area contributed by atoms with Crippen molar-refractivity contribution in [2.24, 2.45) is 23.2 Å². The molecule has 1 heterocycles. The van der Waals surface area contributed by atoms with Gasteiger partial charge in [-0.05, 0) is 56.7 Å². The Bertz CT molecular complexity index is 1240. The van der Waals surface area contributed by atoms with E-state index in [1.165, 1.54) is 0 Å². The molecule has 1 aliphatic carbocycles. The Morgan fingerprint density at radius 3 is 2.47 bits per heavy atom. The summed E-state index contributed by atoms with van der Waals surface area (Å²) in [7, 11) is 0. The highest BCUT2D eigenvalue weighted by molar-refractivity contribution is 5.87. The van der Waals surface area contributed by atoms with E-state index >= 15 is 0 Å². The summed E-state index contributed by atoms with van der Waals surface area (Å²) in [5.41, 5.74) is 3.02. The molecule has 0 spiro atoms. The number of aliphatic hydroxyl groups is 2. The molecule has 0 aliphatic heterocycles. The second-order valence-electron chi connectivity index (χ2n) is 13.2. The van der Waals surface area contributed by atoms with Crippen molar-refractivity contribution >= 4 is 17.8 Å². The number of rotatable bonds is 15. The molecule has 7 atom stereocenters. The monoisotopic (exact) mass is 589 g/mol. The Balaban J connectivity index is 1.68. The third-order valence-corrected chi connectivity index (χ3v) is 9.19. The molecule has 2 unspecified atom stereocenters. The molecule has 2 aromatic rings. The number of esters is 1. The highest BCUT2D eigenvalue weighted by atomic mass is 16.5. The Morgan fingerprint density at radius 1 is 1.14 bits per heavy atom. The number of ether oxygens (including phenoxy) is 1. The molecule has 0 amide bonds. The van der Waals surface area contributed by atoms with Gasteiger partial charge >= 0.3 is 5.97 Å². The fourth-order valence-electron chi connectivity index (χ4n) is 6.10. The van der Waals surface area contributed by atoms with Crippen molar-refractivity contribution in [3.05, 3.63) is 83.7 Å². The lowest BCUT2D eigenvalue weighted by atomic mass is 9.74. The number of carbonyl (C=O) groups excluding carboxylic acids is 2. The zero-order valence-electron chi connectivity index (χ0n) is 26.8. The second kappa shape index (κ2) is 15.6. The van der Waals surface area contributed by atoms with Crippen LogP contribution in [0.15, 0.2) is 66.9 Å². The Morgan fingerprint density at radius 2 is 1.84 bits per heavy atom. The highest BCUT2D eigenvalue weighted by Gasteiger charge is 2.45. The number of hydrogen-bond acceptors (Lipinski definition) is 6. The van der Waals surface area contributed by atoms with E-state index in [-0.39, 0.29) is 30.0 Å². The largest absolute Gasteiger partial charge is 0.461 e. The van der Waals surface area contributed by atoms with E-state index in [0.29, 0.717) is 6.42 Å². The molecule has 6 heteroatoms. The lowest BCUT2D eigenvalue weighted by molar-refractivity contribution is -0.158. The van der Waals surface area contributed by atoms with Crippen molar-refractivity contribution in [3.8, 4) is 0 Å². The first-order valence-electron chi connectivity index (χ1n) is 15.7. The number of aliphatic hydroxyl groups excluding tert-OH is 2. The van der Waals surface area contributed by atoms with Crippen LogP contribution in [0, 0.1) is 30.1 Å². The number of unbranched alkanes of at least 4 members (excludes halogenated alkanes) is 1. The first kappa shape index (κ1) is 34.4. The number of pyridine rings is 1. The van der Waals surface area contributed by atoms with Crippen LogP contribution >= 0.6 is 0 Å². The van der Waals surface area contributed by atoms with Crippen molar-refractivity contribution in [2.75, 3.05) is 0 Å². The van der Waals surface area contributed by atoms with E-state index in [2.05, 4.69) is 36.7 Å². The van der Waals surface area contributed by atoms with Gasteiger partial charge in [0.15, 0.2) is 0 Å². The molecular weight excluding hydrogens is 538 g/mol. The van der Waals surface area contributed by atoms with Crippen LogP contribution in [0.3, 0.4) is 0 Å². The van der Waals surface area contributed by atoms with Gasteiger partial charge < -0.3 is 14.9 Å².